The monoisotopic (exact) mass is 414 g/mol. The Morgan fingerprint density at radius 2 is 1.63 bits per heavy atom. The molecule has 1 unspecified atom stereocenters. The summed E-state index contributed by atoms with van der Waals surface area (Å²) < 4.78 is 31.9. The van der Waals surface area contributed by atoms with Gasteiger partial charge < -0.3 is 28.4 Å². The number of allylic oxidation sites excluding steroid dienone is 1. The molecule has 0 saturated carbocycles. The molecule has 0 amide bonds. The van der Waals surface area contributed by atoms with Gasteiger partial charge in [0.25, 0.3) is 0 Å². The van der Waals surface area contributed by atoms with E-state index in [1.54, 1.807) is 43.3 Å². The predicted octanol–water partition coefficient (Wildman–Crippen LogP) is 3.27. The molecule has 0 saturated heterocycles. The maximum absolute atomic E-state index is 12.8. The normalized spacial score (nSPS) is 14.6. The van der Waals surface area contributed by atoms with Gasteiger partial charge in [-0.05, 0) is 31.2 Å². The Balaban J connectivity index is 1.91. The minimum atomic E-state index is -0.795. The molecule has 2 aromatic carbocycles. The second-order valence-electron chi connectivity index (χ2n) is 6.33. The van der Waals surface area contributed by atoms with Gasteiger partial charge in [-0.25, -0.2) is 4.79 Å². The number of fused-ring (bicyclic) bond motifs is 1. The molecule has 3 rings (SSSR count). The molecule has 1 atom stereocenters. The Kier molecular flexibility index (Phi) is 6.15. The first-order chi connectivity index (χ1) is 14.4. The third-order valence-corrected chi connectivity index (χ3v) is 4.51. The molecule has 2 aromatic rings. The van der Waals surface area contributed by atoms with Crippen molar-refractivity contribution >= 4 is 17.8 Å². The minimum absolute atomic E-state index is 0.119. The van der Waals surface area contributed by atoms with Gasteiger partial charge in [-0.2, -0.15) is 0 Å². The molecule has 0 radical (unpaired) electrons. The summed E-state index contributed by atoms with van der Waals surface area (Å²) >= 11 is 0. The molecule has 158 valence electrons. The summed E-state index contributed by atoms with van der Waals surface area (Å²) in [5, 5.41) is 0. The van der Waals surface area contributed by atoms with Crippen molar-refractivity contribution in [1.29, 1.82) is 0 Å². The zero-order valence-electron chi connectivity index (χ0n) is 17.3. The first kappa shape index (κ1) is 21.0. The number of methoxy groups -OCH3 is 4. The van der Waals surface area contributed by atoms with E-state index in [1.807, 2.05) is 0 Å². The van der Waals surface area contributed by atoms with Crippen LogP contribution in [-0.2, 0) is 9.53 Å². The molecule has 1 heterocycles. The van der Waals surface area contributed by atoms with E-state index in [0.29, 0.717) is 39.9 Å². The SMILES string of the molecule is COC(=O)C(C)Oc1ccc2c(c1)O/C(=C\c1cc(OC)c(OC)cc1OC)C2=O. The maximum atomic E-state index is 12.8. The molecule has 0 N–H and O–H groups in total. The van der Waals surface area contributed by atoms with Crippen molar-refractivity contribution < 1.29 is 38.0 Å². The Bertz CT molecular complexity index is 1010. The highest BCUT2D eigenvalue weighted by molar-refractivity contribution is 6.14. The van der Waals surface area contributed by atoms with Crippen molar-refractivity contribution in [3.63, 3.8) is 0 Å². The highest BCUT2D eigenvalue weighted by Gasteiger charge is 2.29. The van der Waals surface area contributed by atoms with E-state index in [0.717, 1.165) is 0 Å². The smallest absolute Gasteiger partial charge is 0.346 e. The molecule has 1 aliphatic heterocycles. The lowest BCUT2D eigenvalue weighted by Crippen LogP contribution is -2.24. The molecule has 0 aromatic heterocycles. The van der Waals surface area contributed by atoms with Crippen LogP contribution in [0.5, 0.6) is 28.7 Å². The van der Waals surface area contributed by atoms with Gasteiger partial charge in [0.1, 0.15) is 17.2 Å². The summed E-state index contributed by atoms with van der Waals surface area (Å²) in [5.41, 5.74) is 0.973. The lowest BCUT2D eigenvalue weighted by Gasteiger charge is -2.13. The summed E-state index contributed by atoms with van der Waals surface area (Å²) in [5.74, 6) is 1.52. The van der Waals surface area contributed by atoms with Gasteiger partial charge in [0.15, 0.2) is 23.4 Å². The number of rotatable bonds is 7. The lowest BCUT2D eigenvalue weighted by molar-refractivity contribution is -0.147. The summed E-state index contributed by atoms with van der Waals surface area (Å²) in [6.07, 6.45) is 0.775. The Morgan fingerprint density at radius 1 is 0.967 bits per heavy atom. The Labute approximate surface area is 173 Å². The van der Waals surface area contributed by atoms with Gasteiger partial charge in [-0.15, -0.1) is 0 Å². The number of ether oxygens (including phenoxy) is 6. The van der Waals surface area contributed by atoms with Crippen LogP contribution in [0.2, 0.25) is 0 Å². The molecular formula is C22H22O8. The second-order valence-corrected chi connectivity index (χ2v) is 6.33. The Hall–Kier alpha value is -3.68. The highest BCUT2D eigenvalue weighted by atomic mass is 16.6. The molecule has 0 fully saturated rings. The predicted molar refractivity (Wildman–Crippen MR) is 108 cm³/mol. The van der Waals surface area contributed by atoms with Gasteiger partial charge in [0.2, 0.25) is 5.78 Å². The van der Waals surface area contributed by atoms with E-state index in [9.17, 15) is 9.59 Å². The number of esters is 1. The van der Waals surface area contributed by atoms with E-state index in [4.69, 9.17) is 23.7 Å². The average molecular weight is 414 g/mol. The van der Waals surface area contributed by atoms with Crippen LogP contribution in [0.15, 0.2) is 36.1 Å². The minimum Gasteiger partial charge on any atom is -0.496 e. The van der Waals surface area contributed by atoms with E-state index in [1.165, 1.54) is 28.4 Å². The van der Waals surface area contributed by atoms with Crippen LogP contribution in [0.4, 0.5) is 0 Å². The summed E-state index contributed by atoms with van der Waals surface area (Å²) in [6, 6.07) is 8.09. The zero-order chi connectivity index (χ0) is 21.8. The van der Waals surface area contributed by atoms with Gasteiger partial charge in [-0.1, -0.05) is 0 Å². The Morgan fingerprint density at radius 3 is 2.27 bits per heavy atom. The van der Waals surface area contributed by atoms with Crippen molar-refractivity contribution in [3.05, 3.63) is 47.2 Å². The molecule has 8 nitrogen and oxygen atoms in total. The first-order valence-electron chi connectivity index (χ1n) is 9.04. The fourth-order valence-corrected chi connectivity index (χ4v) is 2.97. The number of hydrogen-bond acceptors (Lipinski definition) is 8. The summed E-state index contributed by atoms with van der Waals surface area (Å²) in [7, 11) is 5.84. The third-order valence-electron chi connectivity index (χ3n) is 4.51. The van der Waals surface area contributed by atoms with Gasteiger partial charge in [0.05, 0.1) is 34.0 Å². The van der Waals surface area contributed by atoms with Gasteiger partial charge in [0, 0.05) is 17.7 Å². The van der Waals surface area contributed by atoms with Gasteiger partial charge in [-0.3, -0.25) is 4.79 Å². The van der Waals surface area contributed by atoms with Crippen molar-refractivity contribution in [2.75, 3.05) is 28.4 Å². The van der Waals surface area contributed by atoms with Crippen LogP contribution in [-0.4, -0.2) is 46.3 Å². The molecule has 0 bridgehead atoms. The van der Waals surface area contributed by atoms with Crippen LogP contribution in [0.1, 0.15) is 22.8 Å². The van der Waals surface area contributed by atoms with E-state index in [-0.39, 0.29) is 11.5 Å². The lowest BCUT2D eigenvalue weighted by atomic mass is 10.1. The van der Waals surface area contributed by atoms with E-state index >= 15 is 0 Å². The van der Waals surface area contributed by atoms with Crippen LogP contribution in [0.3, 0.4) is 0 Å². The third kappa shape index (κ3) is 4.03. The van der Waals surface area contributed by atoms with Crippen molar-refractivity contribution in [2.24, 2.45) is 0 Å². The van der Waals surface area contributed by atoms with Crippen molar-refractivity contribution in [2.45, 2.75) is 13.0 Å². The maximum Gasteiger partial charge on any atom is 0.346 e. The quantitative estimate of drug-likeness (QED) is 0.504. The van der Waals surface area contributed by atoms with Crippen LogP contribution < -0.4 is 23.7 Å². The molecule has 8 heteroatoms. The van der Waals surface area contributed by atoms with Crippen LogP contribution in [0.25, 0.3) is 6.08 Å². The second kappa shape index (κ2) is 8.77. The number of carbonyl (C=O) groups excluding carboxylic acids is 2. The summed E-state index contributed by atoms with van der Waals surface area (Å²) in [6.45, 7) is 1.57. The van der Waals surface area contributed by atoms with Crippen LogP contribution >= 0.6 is 0 Å². The fraction of sp³-hybridized carbons (Fsp3) is 0.273. The largest absolute Gasteiger partial charge is 0.496 e. The van der Waals surface area contributed by atoms with E-state index < -0.39 is 12.1 Å². The number of carbonyl (C=O) groups is 2. The number of hydrogen-bond donors (Lipinski definition) is 0. The molecule has 1 aliphatic rings. The number of benzene rings is 2. The number of ketones is 1. The zero-order valence-corrected chi connectivity index (χ0v) is 17.3. The van der Waals surface area contributed by atoms with E-state index in [2.05, 4.69) is 4.74 Å². The van der Waals surface area contributed by atoms with Crippen molar-refractivity contribution in [3.8, 4) is 28.7 Å². The molecule has 0 aliphatic carbocycles. The average Bonchev–Trinajstić information content (AvgIpc) is 3.07. The first-order valence-corrected chi connectivity index (χ1v) is 9.04. The topological polar surface area (TPSA) is 89.5 Å². The molecular weight excluding hydrogens is 392 g/mol. The van der Waals surface area contributed by atoms with Crippen molar-refractivity contribution in [1.82, 2.24) is 0 Å². The van der Waals surface area contributed by atoms with Gasteiger partial charge >= 0.3 is 5.97 Å². The highest BCUT2D eigenvalue weighted by Crippen LogP contribution is 2.39. The summed E-state index contributed by atoms with van der Waals surface area (Å²) in [4.78, 5) is 24.3. The number of Topliss-reactive ketones (excluding diaryl/α,β-unsaturated/α-hetero) is 1. The fourth-order valence-electron chi connectivity index (χ4n) is 2.97. The standard InChI is InChI=1S/C22H22O8/c1-12(22(24)28-5)29-14-6-7-15-17(10-14)30-20(21(15)23)9-13-8-18(26-3)19(27-4)11-16(13)25-2/h6-12H,1-5H3/b20-9-. The molecule has 30 heavy (non-hydrogen) atoms. The molecule has 0 spiro atoms. The van der Waals surface area contributed by atoms with Crippen LogP contribution in [0, 0.1) is 0 Å².